The van der Waals surface area contributed by atoms with Gasteiger partial charge in [0, 0.05) is 6.54 Å². The van der Waals surface area contributed by atoms with Crippen molar-refractivity contribution < 1.29 is 19.1 Å². The van der Waals surface area contributed by atoms with Crippen LogP contribution in [0.2, 0.25) is 0 Å². The summed E-state index contributed by atoms with van der Waals surface area (Å²) in [5.41, 5.74) is 0. The van der Waals surface area contributed by atoms with E-state index >= 15 is 0 Å². The van der Waals surface area contributed by atoms with Crippen LogP contribution < -0.4 is 5.32 Å². The predicted molar refractivity (Wildman–Crippen MR) is 56.5 cm³/mol. The van der Waals surface area contributed by atoms with Gasteiger partial charge in [0.2, 0.25) is 12.5 Å². The summed E-state index contributed by atoms with van der Waals surface area (Å²) in [5, 5.41) is 2.50. The number of nitrogens with zero attached hydrogens (tertiary/aromatic N) is 1. The van der Waals surface area contributed by atoms with E-state index in [1.807, 2.05) is 0 Å². The molecule has 0 heterocycles. The van der Waals surface area contributed by atoms with Crippen LogP contribution in [0.5, 0.6) is 0 Å². The third-order valence-corrected chi connectivity index (χ3v) is 1.90. The Morgan fingerprint density at radius 3 is 2.88 bits per heavy atom. The number of hydrogen-bond acceptors (Lipinski definition) is 5. The van der Waals surface area contributed by atoms with Crippen LogP contribution in [0.25, 0.3) is 0 Å². The van der Waals surface area contributed by atoms with E-state index in [1.165, 1.54) is 6.08 Å². The van der Waals surface area contributed by atoms with Gasteiger partial charge in [-0.2, -0.15) is 4.99 Å². The topological polar surface area (TPSA) is 84.8 Å². The zero-order valence-corrected chi connectivity index (χ0v) is 9.27. The second-order valence-electron chi connectivity index (χ2n) is 3.06. The number of rotatable bonds is 9. The highest BCUT2D eigenvalue weighted by atomic mass is 16.5. The standard InChI is InChI=1S/C10H16N2O4/c1-2-16-10(15)9(12-8-14)5-3-4-6-11-7-13/h7,9H,2-6H2,1H3,(H,11,13)/t9-/m0/s1. The number of aliphatic imine (C=N–C) groups is 1. The molecule has 6 heteroatoms. The van der Waals surface area contributed by atoms with Crippen LogP contribution in [-0.4, -0.2) is 37.7 Å². The molecule has 0 bridgehead atoms. The molecule has 0 spiro atoms. The maximum atomic E-state index is 11.3. The van der Waals surface area contributed by atoms with Crippen LogP contribution in [0.3, 0.4) is 0 Å². The Kier molecular flexibility index (Phi) is 8.82. The molecule has 0 radical (unpaired) electrons. The lowest BCUT2D eigenvalue weighted by atomic mass is 10.1. The van der Waals surface area contributed by atoms with Crippen LogP contribution in [0.4, 0.5) is 0 Å². The minimum Gasteiger partial charge on any atom is -0.464 e. The summed E-state index contributed by atoms with van der Waals surface area (Å²) in [6.07, 6.45) is 3.81. The molecule has 90 valence electrons. The summed E-state index contributed by atoms with van der Waals surface area (Å²) in [4.78, 5) is 34.7. The van der Waals surface area contributed by atoms with Crippen molar-refractivity contribution in [2.45, 2.75) is 32.2 Å². The maximum Gasteiger partial charge on any atom is 0.331 e. The molecule has 1 N–H and O–H groups in total. The third kappa shape index (κ3) is 6.73. The van der Waals surface area contributed by atoms with Gasteiger partial charge in [0.05, 0.1) is 6.61 Å². The average molecular weight is 228 g/mol. The van der Waals surface area contributed by atoms with E-state index < -0.39 is 12.0 Å². The molecule has 0 aromatic rings. The Bertz CT molecular complexity index is 262. The van der Waals surface area contributed by atoms with E-state index in [-0.39, 0.29) is 6.61 Å². The molecule has 0 rings (SSSR count). The number of amides is 1. The Morgan fingerprint density at radius 1 is 1.56 bits per heavy atom. The number of ether oxygens (including phenoxy) is 1. The zero-order chi connectivity index (χ0) is 12.2. The summed E-state index contributed by atoms with van der Waals surface area (Å²) < 4.78 is 4.75. The van der Waals surface area contributed by atoms with E-state index in [0.717, 1.165) is 6.42 Å². The number of unbranched alkanes of at least 4 members (excludes halogenated alkanes) is 1. The summed E-state index contributed by atoms with van der Waals surface area (Å²) in [6, 6.07) is -0.770. The van der Waals surface area contributed by atoms with Crippen LogP contribution in [0.1, 0.15) is 26.2 Å². The van der Waals surface area contributed by atoms with E-state index in [9.17, 15) is 14.4 Å². The molecule has 0 aliphatic carbocycles. The number of carbonyl (C=O) groups excluding carboxylic acids is 3. The molecule has 0 aromatic carbocycles. The molecule has 0 saturated carbocycles. The van der Waals surface area contributed by atoms with Crippen molar-refractivity contribution >= 4 is 18.5 Å². The van der Waals surface area contributed by atoms with Crippen molar-refractivity contribution in [3.63, 3.8) is 0 Å². The molecule has 0 unspecified atom stereocenters. The molecule has 0 fully saturated rings. The summed E-state index contributed by atoms with van der Waals surface area (Å²) in [5.74, 6) is -0.505. The highest BCUT2D eigenvalue weighted by Crippen LogP contribution is 2.06. The third-order valence-electron chi connectivity index (χ3n) is 1.90. The van der Waals surface area contributed by atoms with Crippen molar-refractivity contribution in [2.75, 3.05) is 13.2 Å². The fraction of sp³-hybridized carbons (Fsp3) is 0.700. The van der Waals surface area contributed by atoms with Crippen molar-refractivity contribution in [1.29, 1.82) is 0 Å². The van der Waals surface area contributed by atoms with Gasteiger partial charge in [-0.25, -0.2) is 9.59 Å². The normalized spacial score (nSPS) is 11.1. The smallest absolute Gasteiger partial charge is 0.331 e. The first-order valence-corrected chi connectivity index (χ1v) is 5.16. The Labute approximate surface area is 94.1 Å². The first-order chi connectivity index (χ1) is 7.76. The molecule has 0 aliphatic heterocycles. The van der Waals surface area contributed by atoms with Crippen molar-refractivity contribution in [2.24, 2.45) is 4.99 Å². The van der Waals surface area contributed by atoms with Gasteiger partial charge in [0.25, 0.3) is 0 Å². The Hall–Kier alpha value is -1.68. The quantitative estimate of drug-likeness (QED) is 0.200. The van der Waals surface area contributed by atoms with E-state index in [4.69, 9.17) is 4.74 Å². The fourth-order valence-corrected chi connectivity index (χ4v) is 1.16. The minimum absolute atomic E-state index is 0.260. The number of hydrogen-bond donors (Lipinski definition) is 1. The molecule has 0 aliphatic rings. The minimum atomic E-state index is -0.770. The monoisotopic (exact) mass is 228 g/mol. The first kappa shape index (κ1) is 14.3. The molecule has 16 heavy (non-hydrogen) atoms. The highest BCUT2D eigenvalue weighted by Gasteiger charge is 2.17. The molecule has 6 nitrogen and oxygen atoms in total. The van der Waals surface area contributed by atoms with Crippen LogP contribution in [0, 0.1) is 0 Å². The first-order valence-electron chi connectivity index (χ1n) is 5.16. The van der Waals surface area contributed by atoms with Gasteiger partial charge >= 0.3 is 5.97 Å². The van der Waals surface area contributed by atoms with Crippen LogP contribution in [-0.2, 0) is 19.1 Å². The van der Waals surface area contributed by atoms with E-state index in [1.54, 1.807) is 6.92 Å². The predicted octanol–water partition coefficient (Wildman–Crippen LogP) is 0.170. The lowest BCUT2D eigenvalue weighted by molar-refractivity contribution is -0.144. The number of isocyanates is 1. The van der Waals surface area contributed by atoms with Gasteiger partial charge in [0.1, 0.15) is 0 Å². The molecule has 1 amide bonds. The van der Waals surface area contributed by atoms with Gasteiger partial charge in [-0.05, 0) is 26.2 Å². The van der Waals surface area contributed by atoms with Gasteiger partial charge in [-0.3, -0.25) is 4.79 Å². The summed E-state index contributed by atoms with van der Waals surface area (Å²) in [7, 11) is 0. The van der Waals surface area contributed by atoms with Crippen LogP contribution in [0.15, 0.2) is 4.99 Å². The van der Waals surface area contributed by atoms with Gasteiger partial charge < -0.3 is 10.1 Å². The van der Waals surface area contributed by atoms with E-state index in [0.29, 0.717) is 25.8 Å². The number of carbonyl (C=O) groups is 2. The van der Waals surface area contributed by atoms with Crippen molar-refractivity contribution in [3.8, 4) is 0 Å². The second-order valence-corrected chi connectivity index (χ2v) is 3.06. The second kappa shape index (κ2) is 9.86. The van der Waals surface area contributed by atoms with Crippen molar-refractivity contribution in [1.82, 2.24) is 5.32 Å². The molecular weight excluding hydrogens is 212 g/mol. The molecule has 0 saturated heterocycles. The molecule has 0 aromatic heterocycles. The average Bonchev–Trinajstić information content (AvgIpc) is 2.27. The molecular formula is C10H16N2O4. The van der Waals surface area contributed by atoms with Crippen LogP contribution >= 0.6 is 0 Å². The lowest BCUT2D eigenvalue weighted by Crippen LogP contribution is -2.22. The summed E-state index contributed by atoms with van der Waals surface area (Å²) in [6.45, 7) is 2.49. The van der Waals surface area contributed by atoms with Crippen molar-refractivity contribution in [3.05, 3.63) is 0 Å². The lowest BCUT2D eigenvalue weighted by Gasteiger charge is -2.08. The zero-order valence-electron chi connectivity index (χ0n) is 9.27. The Balaban J connectivity index is 3.89. The SMILES string of the molecule is CCOC(=O)[C@H](CCCCNC=O)N=C=O. The van der Waals surface area contributed by atoms with Gasteiger partial charge in [-0.15, -0.1) is 0 Å². The fourth-order valence-electron chi connectivity index (χ4n) is 1.16. The number of esters is 1. The Morgan fingerprint density at radius 2 is 2.31 bits per heavy atom. The summed E-state index contributed by atoms with van der Waals surface area (Å²) >= 11 is 0. The van der Waals surface area contributed by atoms with Gasteiger partial charge in [-0.1, -0.05) is 0 Å². The largest absolute Gasteiger partial charge is 0.464 e. The molecule has 1 atom stereocenters. The number of nitrogens with one attached hydrogen (secondary N) is 1. The van der Waals surface area contributed by atoms with Gasteiger partial charge in [0.15, 0.2) is 6.04 Å². The maximum absolute atomic E-state index is 11.3. The van der Waals surface area contributed by atoms with E-state index in [2.05, 4.69) is 10.3 Å². The highest BCUT2D eigenvalue weighted by molar-refractivity contribution is 5.76.